The van der Waals surface area contributed by atoms with Crippen molar-refractivity contribution in [3.05, 3.63) is 54.0 Å². The molecule has 1 N–H and O–H groups in total. The molecule has 5 nitrogen and oxygen atoms in total. The molecule has 2 rings (SSSR count). The van der Waals surface area contributed by atoms with Crippen LogP contribution in [0.1, 0.15) is 25.2 Å². The van der Waals surface area contributed by atoms with Gasteiger partial charge in [-0.2, -0.15) is 0 Å². The summed E-state index contributed by atoms with van der Waals surface area (Å²) in [6, 6.07) is 9.12. The zero-order valence-corrected chi connectivity index (χ0v) is 13.5. The normalized spacial score (nSPS) is 11.0. The third kappa shape index (κ3) is 5.21. The summed E-state index contributed by atoms with van der Waals surface area (Å²) in [5.41, 5.74) is 0.853. The van der Waals surface area contributed by atoms with Gasteiger partial charge in [0.25, 0.3) is 0 Å². The Morgan fingerprint density at radius 3 is 2.78 bits per heavy atom. The van der Waals surface area contributed by atoms with E-state index in [9.17, 15) is 4.79 Å². The van der Waals surface area contributed by atoms with Gasteiger partial charge in [0.05, 0.1) is 26.0 Å². The van der Waals surface area contributed by atoms with Crippen molar-refractivity contribution < 1.29 is 18.7 Å². The van der Waals surface area contributed by atoms with Gasteiger partial charge in [0.1, 0.15) is 5.76 Å². The lowest BCUT2D eigenvalue weighted by atomic mass is 10.2. The number of benzene rings is 1. The fraction of sp³-hybridized carbons (Fsp3) is 0.278. The van der Waals surface area contributed by atoms with E-state index in [1.54, 1.807) is 25.5 Å². The second-order valence-corrected chi connectivity index (χ2v) is 5.21. The molecule has 0 radical (unpaired) electrons. The van der Waals surface area contributed by atoms with Crippen LogP contribution in [0.4, 0.5) is 0 Å². The summed E-state index contributed by atoms with van der Waals surface area (Å²) in [5.74, 6) is 1.84. The summed E-state index contributed by atoms with van der Waals surface area (Å²) in [5, 5.41) is 2.75. The zero-order valence-electron chi connectivity index (χ0n) is 13.5. The highest BCUT2D eigenvalue weighted by atomic mass is 16.5. The van der Waals surface area contributed by atoms with Gasteiger partial charge in [-0.15, -0.1) is 0 Å². The smallest absolute Gasteiger partial charge is 0.244 e. The van der Waals surface area contributed by atoms with E-state index in [1.807, 2.05) is 38.1 Å². The van der Waals surface area contributed by atoms with E-state index in [-0.39, 0.29) is 12.0 Å². The fourth-order valence-electron chi connectivity index (χ4n) is 1.96. The Labute approximate surface area is 135 Å². The van der Waals surface area contributed by atoms with Crippen molar-refractivity contribution in [3.63, 3.8) is 0 Å². The molecule has 0 saturated carbocycles. The third-order valence-corrected chi connectivity index (χ3v) is 2.99. The van der Waals surface area contributed by atoms with Gasteiger partial charge in [0.2, 0.25) is 5.91 Å². The number of furan rings is 1. The molecule has 0 bridgehead atoms. The first kappa shape index (κ1) is 16.7. The molecule has 23 heavy (non-hydrogen) atoms. The minimum atomic E-state index is -0.192. The number of carbonyl (C=O) groups excluding carboxylic acids is 1. The van der Waals surface area contributed by atoms with E-state index in [4.69, 9.17) is 13.9 Å². The zero-order chi connectivity index (χ0) is 16.7. The molecule has 122 valence electrons. The molecule has 0 fully saturated rings. The molecule has 0 unspecified atom stereocenters. The number of carbonyl (C=O) groups is 1. The van der Waals surface area contributed by atoms with Crippen molar-refractivity contribution in [1.82, 2.24) is 5.32 Å². The number of rotatable bonds is 7. The quantitative estimate of drug-likeness (QED) is 0.796. The van der Waals surface area contributed by atoms with Gasteiger partial charge in [-0.25, -0.2) is 0 Å². The molecule has 1 aromatic carbocycles. The number of amides is 1. The predicted octanol–water partition coefficient (Wildman–Crippen LogP) is 3.41. The summed E-state index contributed by atoms with van der Waals surface area (Å²) in [6.07, 6.45) is 4.84. The van der Waals surface area contributed by atoms with Crippen LogP contribution in [0.5, 0.6) is 11.5 Å². The first-order valence-electron chi connectivity index (χ1n) is 7.41. The van der Waals surface area contributed by atoms with Gasteiger partial charge in [0.15, 0.2) is 11.5 Å². The van der Waals surface area contributed by atoms with Gasteiger partial charge >= 0.3 is 0 Å². The van der Waals surface area contributed by atoms with Crippen molar-refractivity contribution in [3.8, 4) is 11.5 Å². The van der Waals surface area contributed by atoms with E-state index in [0.717, 1.165) is 5.56 Å². The number of methoxy groups -OCH3 is 1. The Morgan fingerprint density at radius 1 is 1.30 bits per heavy atom. The van der Waals surface area contributed by atoms with Crippen molar-refractivity contribution in [1.29, 1.82) is 0 Å². The Balaban J connectivity index is 1.97. The summed E-state index contributed by atoms with van der Waals surface area (Å²) in [4.78, 5) is 11.8. The lowest BCUT2D eigenvalue weighted by Crippen LogP contribution is -2.19. The molecule has 1 aromatic heterocycles. The van der Waals surface area contributed by atoms with Crippen LogP contribution < -0.4 is 14.8 Å². The molecule has 0 aliphatic heterocycles. The van der Waals surface area contributed by atoms with Crippen LogP contribution in [0, 0.1) is 0 Å². The van der Waals surface area contributed by atoms with Gasteiger partial charge in [-0.3, -0.25) is 4.79 Å². The Hall–Kier alpha value is -2.69. The lowest BCUT2D eigenvalue weighted by molar-refractivity contribution is -0.116. The number of ether oxygens (including phenoxy) is 2. The van der Waals surface area contributed by atoms with Crippen LogP contribution in [0.25, 0.3) is 6.08 Å². The minimum Gasteiger partial charge on any atom is -0.493 e. The molecule has 1 heterocycles. The number of hydrogen-bond donors (Lipinski definition) is 1. The molecular weight excluding hydrogens is 294 g/mol. The molecule has 0 saturated heterocycles. The standard InChI is InChI=1S/C18H21NO4/c1-13(2)23-16-8-6-14(11-17(16)21-3)7-9-18(20)19-12-15-5-4-10-22-15/h4-11,13H,12H2,1-3H3,(H,19,20)/b9-7-. The van der Waals surface area contributed by atoms with Crippen LogP contribution in [0.15, 0.2) is 47.1 Å². The van der Waals surface area contributed by atoms with E-state index in [0.29, 0.717) is 23.8 Å². The van der Waals surface area contributed by atoms with Crippen molar-refractivity contribution in [2.75, 3.05) is 7.11 Å². The second kappa shape index (κ2) is 8.08. The molecule has 2 aromatic rings. The van der Waals surface area contributed by atoms with Crippen LogP contribution in [0.2, 0.25) is 0 Å². The Bertz CT molecular complexity index is 660. The molecule has 0 aliphatic rings. The largest absolute Gasteiger partial charge is 0.493 e. The predicted molar refractivity (Wildman–Crippen MR) is 88.3 cm³/mol. The SMILES string of the molecule is COc1cc(/C=C\C(=O)NCc2ccco2)ccc1OC(C)C. The lowest BCUT2D eigenvalue weighted by Gasteiger charge is -2.13. The summed E-state index contributed by atoms with van der Waals surface area (Å²) in [7, 11) is 1.59. The Morgan fingerprint density at radius 2 is 2.13 bits per heavy atom. The summed E-state index contributed by atoms with van der Waals surface area (Å²) < 4.78 is 16.1. The topological polar surface area (TPSA) is 60.7 Å². The average Bonchev–Trinajstić information content (AvgIpc) is 3.04. The van der Waals surface area contributed by atoms with Crippen LogP contribution in [-0.4, -0.2) is 19.1 Å². The second-order valence-electron chi connectivity index (χ2n) is 5.21. The first-order valence-corrected chi connectivity index (χ1v) is 7.41. The molecule has 5 heteroatoms. The highest BCUT2D eigenvalue weighted by molar-refractivity contribution is 5.91. The minimum absolute atomic E-state index is 0.0673. The fourth-order valence-corrected chi connectivity index (χ4v) is 1.96. The van der Waals surface area contributed by atoms with Crippen molar-refractivity contribution in [2.45, 2.75) is 26.5 Å². The molecular formula is C18H21NO4. The van der Waals surface area contributed by atoms with Crippen molar-refractivity contribution in [2.24, 2.45) is 0 Å². The average molecular weight is 315 g/mol. The molecule has 0 atom stereocenters. The van der Waals surface area contributed by atoms with E-state index < -0.39 is 0 Å². The number of hydrogen-bond acceptors (Lipinski definition) is 4. The van der Waals surface area contributed by atoms with Gasteiger partial charge < -0.3 is 19.2 Å². The summed E-state index contributed by atoms with van der Waals surface area (Å²) in [6.45, 7) is 4.27. The van der Waals surface area contributed by atoms with Gasteiger partial charge in [0, 0.05) is 6.08 Å². The highest BCUT2D eigenvalue weighted by Crippen LogP contribution is 2.29. The van der Waals surface area contributed by atoms with Crippen molar-refractivity contribution >= 4 is 12.0 Å². The highest BCUT2D eigenvalue weighted by Gasteiger charge is 2.06. The third-order valence-electron chi connectivity index (χ3n) is 2.99. The maximum absolute atomic E-state index is 11.8. The van der Waals surface area contributed by atoms with Gasteiger partial charge in [-0.05, 0) is 49.8 Å². The van der Waals surface area contributed by atoms with E-state index in [1.165, 1.54) is 6.08 Å². The van der Waals surface area contributed by atoms with Crippen LogP contribution in [0.3, 0.4) is 0 Å². The molecule has 0 spiro atoms. The Kier molecular flexibility index (Phi) is 5.86. The van der Waals surface area contributed by atoms with E-state index >= 15 is 0 Å². The monoisotopic (exact) mass is 315 g/mol. The van der Waals surface area contributed by atoms with Crippen LogP contribution >= 0.6 is 0 Å². The van der Waals surface area contributed by atoms with Crippen LogP contribution in [-0.2, 0) is 11.3 Å². The number of nitrogens with one attached hydrogen (secondary N) is 1. The maximum atomic E-state index is 11.8. The molecule has 0 aliphatic carbocycles. The van der Waals surface area contributed by atoms with Gasteiger partial charge in [-0.1, -0.05) is 6.07 Å². The maximum Gasteiger partial charge on any atom is 0.244 e. The summed E-state index contributed by atoms with van der Waals surface area (Å²) >= 11 is 0. The molecule has 1 amide bonds. The first-order chi connectivity index (χ1) is 11.1. The van der Waals surface area contributed by atoms with E-state index in [2.05, 4.69) is 5.32 Å².